The third kappa shape index (κ3) is 2.59. The summed E-state index contributed by atoms with van der Waals surface area (Å²) in [5.74, 6) is 0. The third-order valence-electron chi connectivity index (χ3n) is 3.77. The van der Waals surface area contributed by atoms with Crippen molar-refractivity contribution < 1.29 is 0 Å². The molecule has 17 heavy (non-hydrogen) atoms. The van der Waals surface area contributed by atoms with Crippen LogP contribution < -0.4 is 4.90 Å². The lowest BCUT2D eigenvalue weighted by atomic mass is 9.90. The number of hydrogen-bond acceptors (Lipinski definition) is 1. The zero-order valence-electron chi connectivity index (χ0n) is 11.4. The van der Waals surface area contributed by atoms with Gasteiger partial charge in [-0.15, -0.1) is 0 Å². The molecular weight excluding hydrogens is 206 g/mol. The molecule has 0 atom stereocenters. The fraction of sp³-hybridized carbons (Fsp3) is 0.562. The summed E-state index contributed by atoms with van der Waals surface area (Å²) in [6, 6.07) is 8.88. The Bertz CT molecular complexity index is 368. The first-order valence-corrected chi connectivity index (χ1v) is 6.82. The van der Waals surface area contributed by atoms with Gasteiger partial charge < -0.3 is 4.90 Å². The Morgan fingerprint density at radius 2 is 2.06 bits per heavy atom. The number of unbranched alkanes of at least 4 members (excludes halogenated alkanes) is 1. The molecule has 2 rings (SSSR count). The van der Waals surface area contributed by atoms with E-state index in [1.807, 2.05) is 0 Å². The molecule has 0 N–H and O–H groups in total. The lowest BCUT2D eigenvalue weighted by molar-refractivity contribution is 0.434. The van der Waals surface area contributed by atoms with Crippen molar-refractivity contribution in [2.45, 2.75) is 52.0 Å². The molecule has 92 valence electrons. The Labute approximate surface area is 106 Å². The number of aryl methyl sites for hydroxylation is 1. The Balaban J connectivity index is 2.22. The quantitative estimate of drug-likeness (QED) is 0.700. The summed E-state index contributed by atoms with van der Waals surface area (Å²) < 4.78 is 0. The van der Waals surface area contributed by atoms with E-state index >= 15 is 0 Å². The van der Waals surface area contributed by atoms with E-state index in [4.69, 9.17) is 0 Å². The van der Waals surface area contributed by atoms with Gasteiger partial charge in [0.05, 0.1) is 18.4 Å². The Morgan fingerprint density at radius 3 is 2.82 bits per heavy atom. The second-order valence-electron chi connectivity index (χ2n) is 5.60. The fourth-order valence-electron chi connectivity index (χ4n) is 2.77. The van der Waals surface area contributed by atoms with Crippen molar-refractivity contribution in [3.8, 4) is 0 Å². The van der Waals surface area contributed by atoms with Crippen molar-refractivity contribution in [1.29, 1.82) is 0 Å². The van der Waals surface area contributed by atoms with Gasteiger partial charge in [0.2, 0.25) is 0 Å². The van der Waals surface area contributed by atoms with Crippen LogP contribution in [0.5, 0.6) is 0 Å². The minimum atomic E-state index is 0.243. The molecule has 0 spiro atoms. The summed E-state index contributed by atoms with van der Waals surface area (Å²) >= 11 is 0. The van der Waals surface area contributed by atoms with Crippen molar-refractivity contribution in [2.75, 3.05) is 11.4 Å². The van der Waals surface area contributed by atoms with Crippen LogP contribution in [0.2, 0.25) is 0 Å². The van der Waals surface area contributed by atoms with Crippen LogP contribution in [0.3, 0.4) is 0 Å². The highest BCUT2D eigenvalue weighted by atomic mass is 15.2. The molecule has 0 bridgehead atoms. The summed E-state index contributed by atoms with van der Waals surface area (Å²) in [4.78, 5) is 2.60. The summed E-state index contributed by atoms with van der Waals surface area (Å²) in [5.41, 5.74) is 3.21. The van der Waals surface area contributed by atoms with Crippen LogP contribution in [0.1, 0.15) is 45.6 Å². The molecule has 1 heteroatoms. The number of hydrogen-bond donors (Lipinski definition) is 0. The average Bonchev–Trinajstić information content (AvgIpc) is 2.36. The second-order valence-corrected chi connectivity index (χ2v) is 5.60. The topological polar surface area (TPSA) is 3.24 Å². The number of benzene rings is 1. The highest BCUT2D eigenvalue weighted by Gasteiger charge is 2.32. The Kier molecular flexibility index (Phi) is 3.66. The predicted octanol–water partition coefficient (Wildman–Crippen LogP) is 4.22. The maximum Gasteiger partial charge on any atom is 0.110 e. The van der Waals surface area contributed by atoms with Crippen molar-refractivity contribution in [1.82, 2.24) is 0 Å². The van der Waals surface area contributed by atoms with Gasteiger partial charge in [0.1, 0.15) is 6.42 Å². The molecule has 1 aromatic rings. The fourth-order valence-corrected chi connectivity index (χ4v) is 2.77. The minimum Gasteiger partial charge on any atom is -0.362 e. The molecule has 0 aliphatic carbocycles. The van der Waals surface area contributed by atoms with Crippen LogP contribution >= 0.6 is 0 Å². The van der Waals surface area contributed by atoms with Crippen molar-refractivity contribution in [3.05, 3.63) is 36.2 Å². The van der Waals surface area contributed by atoms with Gasteiger partial charge in [-0.05, 0) is 45.2 Å². The number of fused-ring (bicyclic) bond motifs is 1. The van der Waals surface area contributed by atoms with Gasteiger partial charge in [-0.1, -0.05) is 18.2 Å². The molecule has 0 unspecified atom stereocenters. The molecule has 1 aromatic carbocycles. The highest BCUT2D eigenvalue weighted by Crippen LogP contribution is 2.34. The van der Waals surface area contributed by atoms with Gasteiger partial charge in [-0.3, -0.25) is 0 Å². The number of nitrogens with zero attached hydrogens (tertiary/aromatic N) is 1. The van der Waals surface area contributed by atoms with E-state index in [1.54, 1.807) is 0 Å². The average molecular weight is 230 g/mol. The summed E-state index contributed by atoms with van der Waals surface area (Å²) in [7, 11) is 0. The standard InChI is InChI=1S/C16H24N/c1-4-5-12-16(2,3)17-13-8-10-14-9-6-7-11-15(14)17/h5-7,9,11H,4,8,10,12-13H2,1-3H3/q+1. The van der Waals surface area contributed by atoms with Crippen LogP contribution in [0.4, 0.5) is 5.69 Å². The number of rotatable bonds is 4. The van der Waals surface area contributed by atoms with E-state index in [9.17, 15) is 0 Å². The SMILES string of the molecule is CC[CH+]CC(C)(C)N1CCCc2ccccc21. The molecule has 0 saturated carbocycles. The highest BCUT2D eigenvalue weighted by molar-refractivity contribution is 5.57. The van der Waals surface area contributed by atoms with Crippen molar-refractivity contribution >= 4 is 5.69 Å². The first kappa shape index (κ1) is 12.3. The van der Waals surface area contributed by atoms with Gasteiger partial charge >= 0.3 is 0 Å². The maximum absolute atomic E-state index is 2.60. The first-order valence-electron chi connectivity index (χ1n) is 6.82. The Hall–Kier alpha value is -1.11. The molecule has 0 amide bonds. The molecule has 0 fully saturated rings. The minimum absolute atomic E-state index is 0.243. The van der Waals surface area contributed by atoms with E-state index in [0.29, 0.717) is 0 Å². The third-order valence-corrected chi connectivity index (χ3v) is 3.77. The molecule has 1 heterocycles. The van der Waals surface area contributed by atoms with Crippen molar-refractivity contribution in [3.63, 3.8) is 0 Å². The predicted molar refractivity (Wildman–Crippen MR) is 75.4 cm³/mol. The molecule has 0 aromatic heterocycles. The van der Waals surface area contributed by atoms with Gasteiger partial charge in [0.25, 0.3) is 0 Å². The summed E-state index contributed by atoms with van der Waals surface area (Å²) in [6.07, 6.45) is 7.25. The monoisotopic (exact) mass is 230 g/mol. The van der Waals surface area contributed by atoms with Gasteiger partial charge in [0, 0.05) is 12.2 Å². The summed E-state index contributed by atoms with van der Waals surface area (Å²) in [6.45, 7) is 8.14. The van der Waals surface area contributed by atoms with E-state index in [-0.39, 0.29) is 5.54 Å². The van der Waals surface area contributed by atoms with Crippen LogP contribution in [0.25, 0.3) is 0 Å². The zero-order chi connectivity index (χ0) is 12.3. The molecule has 1 aliphatic heterocycles. The molecule has 1 aliphatic rings. The van der Waals surface area contributed by atoms with E-state index < -0.39 is 0 Å². The molecular formula is C16H24N+. The smallest absolute Gasteiger partial charge is 0.110 e. The van der Waals surface area contributed by atoms with Gasteiger partial charge in [0.15, 0.2) is 0 Å². The summed E-state index contributed by atoms with van der Waals surface area (Å²) in [5, 5.41) is 0. The number of para-hydroxylation sites is 1. The normalized spacial score (nSPS) is 15.6. The second kappa shape index (κ2) is 5.03. The van der Waals surface area contributed by atoms with Crippen LogP contribution in [0.15, 0.2) is 24.3 Å². The van der Waals surface area contributed by atoms with E-state index in [2.05, 4.69) is 56.4 Å². The van der Waals surface area contributed by atoms with E-state index in [0.717, 1.165) is 6.42 Å². The largest absolute Gasteiger partial charge is 0.362 e. The molecule has 1 nitrogen and oxygen atoms in total. The van der Waals surface area contributed by atoms with Crippen LogP contribution in [0, 0.1) is 6.42 Å². The van der Waals surface area contributed by atoms with Gasteiger partial charge in [-0.25, -0.2) is 0 Å². The van der Waals surface area contributed by atoms with Crippen molar-refractivity contribution in [2.24, 2.45) is 0 Å². The zero-order valence-corrected chi connectivity index (χ0v) is 11.4. The van der Waals surface area contributed by atoms with Gasteiger partial charge in [-0.2, -0.15) is 0 Å². The first-order chi connectivity index (χ1) is 8.15. The Morgan fingerprint density at radius 1 is 1.29 bits per heavy atom. The number of anilines is 1. The molecule has 0 radical (unpaired) electrons. The van der Waals surface area contributed by atoms with Crippen LogP contribution in [-0.4, -0.2) is 12.1 Å². The van der Waals surface area contributed by atoms with Crippen LogP contribution in [-0.2, 0) is 6.42 Å². The maximum atomic E-state index is 2.60. The molecule has 0 saturated heterocycles. The van der Waals surface area contributed by atoms with E-state index in [1.165, 1.54) is 37.1 Å². The lowest BCUT2D eigenvalue weighted by Gasteiger charge is -2.42. The lowest BCUT2D eigenvalue weighted by Crippen LogP contribution is -2.46.